The normalized spacial score (nSPS) is 14.4. The van der Waals surface area contributed by atoms with Crippen LogP contribution in [0.1, 0.15) is 432 Å². The number of carbonyl (C=O) groups is 3. The Balaban J connectivity index is 4.49. The molecule has 0 aliphatic carbocycles. The van der Waals surface area contributed by atoms with E-state index in [-0.39, 0.29) is 19.3 Å². The highest BCUT2D eigenvalue weighted by atomic mass is 31.2. The van der Waals surface area contributed by atoms with Crippen LogP contribution in [-0.4, -0.2) is 95.9 Å². The summed E-state index contributed by atoms with van der Waals surface area (Å²) in [6.45, 7) is 2.57. The van der Waals surface area contributed by atoms with Crippen LogP contribution in [0.5, 0.6) is 0 Å². The lowest BCUT2D eigenvalue weighted by Crippen LogP contribution is -2.30. The molecule has 0 aromatic carbocycles. The SMILES string of the molecule is CC/C=C\C/C=C\C/C=C\C/C=C\C/C=C\C/C=C\CCCCCCCCCCCCCCCCCCC(=O)OCC(O)COP(=O)(O)OCC(O)COP(=O)(O)OCC(COC(=O)CCCCCCCCCCCCCCCCCCC/C=C\C/C=C\C/C=C\C/C=C\CCCCC)OC(=O)CCCCCCCC/C=C\C/C=C\C/C=C\CCCCC. The van der Waals surface area contributed by atoms with E-state index in [0.29, 0.717) is 19.3 Å². The second kappa shape index (κ2) is 96.3. The number of allylic oxidation sites excluding steroid dienone is 26. The van der Waals surface area contributed by atoms with Crippen molar-refractivity contribution >= 4 is 33.6 Å². The summed E-state index contributed by atoms with van der Waals surface area (Å²) < 4.78 is 61.6. The summed E-state index contributed by atoms with van der Waals surface area (Å²) in [4.78, 5) is 59.1. The Hall–Kier alpha value is -4.83. The molecule has 708 valence electrons. The maximum atomic E-state index is 13.1. The van der Waals surface area contributed by atoms with Crippen molar-refractivity contribution in [3.63, 3.8) is 0 Å². The first-order valence-corrected chi connectivity index (χ1v) is 52.8. The van der Waals surface area contributed by atoms with E-state index in [2.05, 4.69) is 179 Å². The number of hydrogen-bond acceptors (Lipinski definition) is 14. The summed E-state index contributed by atoms with van der Waals surface area (Å²) in [6, 6.07) is 0. The quantitative estimate of drug-likeness (QED) is 0.0146. The highest BCUT2D eigenvalue weighted by Gasteiger charge is 2.30. The van der Waals surface area contributed by atoms with Crippen LogP contribution in [-0.2, 0) is 55.8 Å². The van der Waals surface area contributed by atoms with Gasteiger partial charge in [-0.25, -0.2) is 9.13 Å². The van der Waals surface area contributed by atoms with Crippen LogP contribution in [0.4, 0.5) is 0 Å². The van der Waals surface area contributed by atoms with Crippen molar-refractivity contribution in [1.29, 1.82) is 0 Å². The molecule has 0 aliphatic rings. The number of phosphoric acid groups is 2. The van der Waals surface area contributed by atoms with Gasteiger partial charge in [-0.3, -0.25) is 32.5 Å². The van der Waals surface area contributed by atoms with Gasteiger partial charge < -0.3 is 34.2 Å². The molecule has 18 heteroatoms. The molecule has 0 spiro atoms. The molecule has 0 radical (unpaired) electrons. The topological polar surface area (TPSA) is 231 Å². The van der Waals surface area contributed by atoms with Gasteiger partial charge in [0.2, 0.25) is 0 Å². The third-order valence-electron chi connectivity index (χ3n) is 21.2. The molecule has 0 fully saturated rings. The molecule has 4 N–H and O–H groups in total. The van der Waals surface area contributed by atoms with Crippen LogP contribution in [0, 0.1) is 0 Å². The highest BCUT2D eigenvalue weighted by molar-refractivity contribution is 7.47. The van der Waals surface area contributed by atoms with Gasteiger partial charge in [0, 0.05) is 19.3 Å². The zero-order valence-corrected chi connectivity index (χ0v) is 80.1. The van der Waals surface area contributed by atoms with Crippen molar-refractivity contribution in [1.82, 2.24) is 0 Å². The molecule has 0 amide bonds. The van der Waals surface area contributed by atoms with Gasteiger partial charge in [0.1, 0.15) is 25.4 Å². The van der Waals surface area contributed by atoms with Gasteiger partial charge in [0.15, 0.2) is 6.10 Å². The maximum Gasteiger partial charge on any atom is 0.472 e. The summed E-state index contributed by atoms with van der Waals surface area (Å²) in [6.07, 6.45) is 125. The van der Waals surface area contributed by atoms with Gasteiger partial charge in [0.25, 0.3) is 0 Å². The Morgan fingerprint density at radius 1 is 0.236 bits per heavy atom. The molecule has 5 atom stereocenters. The van der Waals surface area contributed by atoms with Crippen molar-refractivity contribution in [3.05, 3.63) is 158 Å². The summed E-state index contributed by atoms with van der Waals surface area (Å²) in [7, 11) is -9.81. The van der Waals surface area contributed by atoms with E-state index in [1.54, 1.807) is 0 Å². The van der Waals surface area contributed by atoms with Crippen molar-refractivity contribution < 1.29 is 75.8 Å². The Labute approximate surface area is 752 Å². The van der Waals surface area contributed by atoms with Crippen molar-refractivity contribution in [2.75, 3.05) is 39.6 Å². The number of unbranched alkanes of at least 4 members (excludes halogenated alkanes) is 45. The number of ether oxygens (including phenoxy) is 3. The van der Waals surface area contributed by atoms with E-state index in [0.717, 1.165) is 154 Å². The van der Waals surface area contributed by atoms with Crippen LogP contribution in [0.25, 0.3) is 0 Å². The Morgan fingerprint density at radius 3 is 0.683 bits per heavy atom. The van der Waals surface area contributed by atoms with Crippen LogP contribution in [0.2, 0.25) is 0 Å². The van der Waals surface area contributed by atoms with Crippen molar-refractivity contribution in [3.8, 4) is 0 Å². The molecule has 0 saturated carbocycles. The molecule has 0 aromatic rings. The fraction of sp³-hybridized carbons (Fsp3) is 0.724. The second-order valence-corrected chi connectivity index (χ2v) is 36.1. The minimum atomic E-state index is -4.95. The number of carbonyl (C=O) groups excluding carboxylic acids is 3. The average Bonchev–Trinajstić information content (AvgIpc) is 0.899. The number of phosphoric ester groups is 2. The first-order chi connectivity index (χ1) is 60.2. The lowest BCUT2D eigenvalue weighted by molar-refractivity contribution is -0.161. The minimum absolute atomic E-state index is 0.0895. The van der Waals surface area contributed by atoms with Gasteiger partial charge in [-0.2, -0.15) is 0 Å². The molecule has 0 saturated heterocycles. The van der Waals surface area contributed by atoms with E-state index >= 15 is 0 Å². The van der Waals surface area contributed by atoms with Crippen LogP contribution in [0.3, 0.4) is 0 Å². The summed E-state index contributed by atoms with van der Waals surface area (Å²) in [5.41, 5.74) is 0. The Kier molecular flexibility index (Phi) is 92.5. The first-order valence-electron chi connectivity index (χ1n) is 49.8. The van der Waals surface area contributed by atoms with E-state index < -0.39 is 91.5 Å². The lowest BCUT2D eigenvalue weighted by Gasteiger charge is -2.21. The lowest BCUT2D eigenvalue weighted by atomic mass is 10.0. The molecule has 0 aliphatic heterocycles. The van der Waals surface area contributed by atoms with E-state index in [1.165, 1.54) is 218 Å². The molecule has 0 aromatic heterocycles. The first kappa shape index (κ1) is 118. The number of rotatable bonds is 94. The fourth-order valence-electron chi connectivity index (χ4n) is 13.7. The summed E-state index contributed by atoms with van der Waals surface area (Å²) in [5.74, 6) is -1.57. The maximum absolute atomic E-state index is 13.1. The molecule has 5 unspecified atom stereocenters. The number of aliphatic hydroxyl groups excluding tert-OH is 2. The third kappa shape index (κ3) is 97.6. The molecule has 123 heavy (non-hydrogen) atoms. The number of hydrogen-bond donors (Lipinski definition) is 4. The standard InChI is InChI=1S/C105H182O16P2/c1-4-7-10-13-16-19-22-25-28-31-34-36-38-40-42-44-46-48-49-51-53-54-56-58-60-62-65-67-70-73-76-79-82-85-88-91-103(108)115-94-100(106)95-117-122(111,112)118-96-101(107)97-119-123(113,114)120-99-102(121-105(110)93-90-87-84-81-78-75-72-69-64-33-30-27-24-21-18-15-12-9-6-3)98-116-104(109)92-89-86-83-80-77-74-71-68-66-63-61-59-57-55-52-50-47-45-43-41-39-37-35-32-29-26-23-20-17-14-11-8-5-2/h7,10,16-21,25-30,34-37,40-43,46,48,64,69,100-102,106-107H,4-6,8-9,11-15,22-24,31-33,38-39,44-45,47,49-63,65-68,70-99H2,1-3H3,(H,111,112)(H,113,114)/b10-7-,19-16-,20-17-,21-18-,28-25-,29-26-,30-27-,36-34-,37-35-,42-40-,43-41-,48-46-,69-64-. The van der Waals surface area contributed by atoms with Crippen LogP contribution in [0.15, 0.2) is 158 Å². The fourth-order valence-corrected chi connectivity index (χ4v) is 15.3. The van der Waals surface area contributed by atoms with Gasteiger partial charge in [-0.05, 0) is 154 Å². The summed E-state index contributed by atoms with van der Waals surface area (Å²) in [5, 5.41) is 20.8. The molecule has 0 bridgehead atoms. The van der Waals surface area contributed by atoms with Crippen LogP contribution >= 0.6 is 15.6 Å². The second-order valence-electron chi connectivity index (χ2n) is 33.2. The largest absolute Gasteiger partial charge is 0.472 e. The molecule has 0 heterocycles. The van der Waals surface area contributed by atoms with Gasteiger partial charge in [-0.15, -0.1) is 0 Å². The molecular formula is C105H182O16P2. The predicted octanol–water partition coefficient (Wildman–Crippen LogP) is 31.2. The van der Waals surface area contributed by atoms with Crippen LogP contribution < -0.4 is 0 Å². The molecule has 16 nitrogen and oxygen atoms in total. The minimum Gasteiger partial charge on any atom is -0.463 e. The van der Waals surface area contributed by atoms with E-state index in [4.69, 9.17) is 32.3 Å². The summed E-state index contributed by atoms with van der Waals surface area (Å²) >= 11 is 0. The Morgan fingerprint density at radius 2 is 0.431 bits per heavy atom. The Bertz CT molecular complexity index is 2870. The van der Waals surface area contributed by atoms with E-state index in [9.17, 15) is 43.5 Å². The zero-order valence-electron chi connectivity index (χ0n) is 78.3. The number of aliphatic hydroxyl groups is 2. The van der Waals surface area contributed by atoms with Gasteiger partial charge >= 0.3 is 33.6 Å². The molecular weight excluding hydrogens is 1580 g/mol. The molecule has 0 rings (SSSR count). The predicted molar refractivity (Wildman–Crippen MR) is 519 cm³/mol. The van der Waals surface area contributed by atoms with Crippen molar-refractivity contribution in [2.45, 2.75) is 450 Å². The monoisotopic (exact) mass is 1760 g/mol. The average molecular weight is 1760 g/mol. The number of esters is 3. The van der Waals surface area contributed by atoms with E-state index in [1.807, 2.05) is 0 Å². The van der Waals surface area contributed by atoms with Gasteiger partial charge in [0.05, 0.1) is 26.4 Å². The van der Waals surface area contributed by atoms with Gasteiger partial charge in [-0.1, -0.05) is 416 Å². The van der Waals surface area contributed by atoms with Crippen molar-refractivity contribution in [2.24, 2.45) is 0 Å². The zero-order chi connectivity index (χ0) is 89.3. The highest BCUT2D eigenvalue weighted by Crippen LogP contribution is 2.45. The third-order valence-corrected chi connectivity index (χ3v) is 23.1. The smallest absolute Gasteiger partial charge is 0.463 e.